The first-order chi connectivity index (χ1) is 8.16. The molecular formula is C14H20ClNO. The number of hydrogen-bond acceptors (Lipinski definition) is 2. The van der Waals surface area contributed by atoms with Crippen LogP contribution < -0.4 is 5.73 Å². The second kappa shape index (κ2) is 5.85. The highest BCUT2D eigenvalue weighted by atomic mass is 35.5. The Labute approximate surface area is 108 Å². The predicted octanol–water partition coefficient (Wildman–Crippen LogP) is 2.94. The molecule has 1 aromatic rings. The van der Waals surface area contributed by atoms with Gasteiger partial charge in [-0.3, -0.25) is 0 Å². The first-order valence-electron chi connectivity index (χ1n) is 6.25. The maximum atomic E-state index is 6.25. The summed E-state index contributed by atoms with van der Waals surface area (Å²) >= 11 is 6.23. The minimum absolute atomic E-state index is 0.149. The normalized spacial score (nSPS) is 22.4. The maximum absolute atomic E-state index is 6.25. The number of rotatable bonds is 3. The first-order valence-corrected chi connectivity index (χ1v) is 6.63. The van der Waals surface area contributed by atoms with Crippen LogP contribution in [0.25, 0.3) is 0 Å². The van der Waals surface area contributed by atoms with E-state index in [1.54, 1.807) is 0 Å². The van der Waals surface area contributed by atoms with Gasteiger partial charge in [0, 0.05) is 17.7 Å². The van der Waals surface area contributed by atoms with E-state index in [1.807, 2.05) is 13.0 Å². The van der Waals surface area contributed by atoms with Crippen molar-refractivity contribution in [1.29, 1.82) is 0 Å². The lowest BCUT2D eigenvalue weighted by Crippen LogP contribution is -2.37. The Morgan fingerprint density at radius 1 is 1.53 bits per heavy atom. The van der Waals surface area contributed by atoms with Gasteiger partial charge in [0.25, 0.3) is 0 Å². The number of nitrogens with two attached hydrogens (primary N) is 1. The maximum Gasteiger partial charge on any atom is 0.0509 e. The molecule has 17 heavy (non-hydrogen) atoms. The molecule has 2 unspecified atom stereocenters. The van der Waals surface area contributed by atoms with E-state index in [0.29, 0.717) is 5.92 Å². The van der Waals surface area contributed by atoms with Gasteiger partial charge in [-0.15, -0.1) is 0 Å². The van der Waals surface area contributed by atoms with E-state index in [1.165, 1.54) is 12.0 Å². The Morgan fingerprint density at radius 2 is 2.35 bits per heavy atom. The summed E-state index contributed by atoms with van der Waals surface area (Å²) in [5, 5.41) is 0.831. The van der Waals surface area contributed by atoms with Crippen LogP contribution >= 0.6 is 11.6 Å². The van der Waals surface area contributed by atoms with E-state index in [0.717, 1.165) is 36.6 Å². The number of halogens is 1. The Hall–Kier alpha value is -0.570. The van der Waals surface area contributed by atoms with E-state index in [-0.39, 0.29) is 6.04 Å². The average molecular weight is 254 g/mol. The molecule has 0 bridgehead atoms. The van der Waals surface area contributed by atoms with E-state index in [4.69, 9.17) is 22.1 Å². The molecule has 0 saturated carbocycles. The topological polar surface area (TPSA) is 35.2 Å². The molecule has 1 aliphatic rings. The molecule has 0 radical (unpaired) electrons. The molecule has 1 fully saturated rings. The molecule has 2 nitrogen and oxygen atoms in total. The zero-order valence-electron chi connectivity index (χ0n) is 10.3. The molecule has 94 valence electrons. The quantitative estimate of drug-likeness (QED) is 0.899. The number of hydrogen-bond donors (Lipinski definition) is 1. The molecule has 0 spiro atoms. The highest BCUT2D eigenvalue weighted by Crippen LogP contribution is 2.23. The Kier molecular flexibility index (Phi) is 4.43. The molecule has 2 N–H and O–H groups in total. The fourth-order valence-corrected chi connectivity index (χ4v) is 2.65. The zero-order valence-corrected chi connectivity index (χ0v) is 11.0. The van der Waals surface area contributed by atoms with Crippen LogP contribution in [-0.2, 0) is 11.2 Å². The number of ether oxygens (including phenoxy) is 1. The Balaban J connectivity index is 1.99. The standard InChI is InChI=1S/C14H20ClNO/c1-10-4-5-11(13(15)7-10)8-14(16)12-3-2-6-17-9-12/h4-5,7,12,14H,2-3,6,8-9,16H2,1H3. The van der Waals surface area contributed by atoms with Gasteiger partial charge in [-0.05, 0) is 49.3 Å². The number of benzene rings is 1. The van der Waals surface area contributed by atoms with Crippen molar-refractivity contribution in [1.82, 2.24) is 0 Å². The van der Waals surface area contributed by atoms with Gasteiger partial charge in [-0.25, -0.2) is 0 Å². The smallest absolute Gasteiger partial charge is 0.0509 e. The van der Waals surface area contributed by atoms with E-state index in [2.05, 4.69) is 12.1 Å². The van der Waals surface area contributed by atoms with Crippen molar-refractivity contribution < 1.29 is 4.74 Å². The van der Waals surface area contributed by atoms with Crippen molar-refractivity contribution in [3.8, 4) is 0 Å². The highest BCUT2D eigenvalue weighted by Gasteiger charge is 2.21. The van der Waals surface area contributed by atoms with E-state index < -0.39 is 0 Å². The van der Waals surface area contributed by atoms with Gasteiger partial charge in [0.2, 0.25) is 0 Å². The molecule has 1 heterocycles. The molecule has 1 saturated heterocycles. The molecule has 3 heteroatoms. The fraction of sp³-hybridized carbons (Fsp3) is 0.571. The molecule has 1 aromatic carbocycles. The van der Waals surface area contributed by atoms with Gasteiger partial charge >= 0.3 is 0 Å². The monoisotopic (exact) mass is 253 g/mol. The van der Waals surface area contributed by atoms with Crippen molar-refractivity contribution in [2.45, 2.75) is 32.2 Å². The summed E-state index contributed by atoms with van der Waals surface area (Å²) in [5.74, 6) is 0.473. The predicted molar refractivity (Wildman–Crippen MR) is 71.4 cm³/mol. The molecule has 0 amide bonds. The summed E-state index contributed by atoms with van der Waals surface area (Å²) in [7, 11) is 0. The van der Waals surface area contributed by atoms with Crippen LogP contribution in [0.1, 0.15) is 24.0 Å². The van der Waals surface area contributed by atoms with Crippen molar-refractivity contribution >= 4 is 11.6 Å². The third-order valence-corrected chi connectivity index (χ3v) is 3.82. The lowest BCUT2D eigenvalue weighted by molar-refractivity contribution is 0.0450. The van der Waals surface area contributed by atoms with Crippen molar-refractivity contribution in [3.63, 3.8) is 0 Å². The van der Waals surface area contributed by atoms with Gasteiger partial charge in [0.05, 0.1) is 6.61 Å². The lowest BCUT2D eigenvalue weighted by Gasteiger charge is -2.27. The zero-order chi connectivity index (χ0) is 12.3. The minimum Gasteiger partial charge on any atom is -0.381 e. The molecule has 0 aromatic heterocycles. The molecule has 0 aliphatic carbocycles. The average Bonchev–Trinajstić information content (AvgIpc) is 2.34. The molecule has 1 aliphatic heterocycles. The first kappa shape index (κ1) is 12.9. The van der Waals surface area contributed by atoms with Gasteiger partial charge in [0.15, 0.2) is 0 Å². The van der Waals surface area contributed by atoms with Gasteiger partial charge in [-0.2, -0.15) is 0 Å². The van der Waals surface area contributed by atoms with Crippen LogP contribution in [0, 0.1) is 12.8 Å². The molecule has 2 atom stereocenters. The highest BCUT2D eigenvalue weighted by molar-refractivity contribution is 6.31. The minimum atomic E-state index is 0.149. The van der Waals surface area contributed by atoms with Crippen LogP contribution in [0.15, 0.2) is 18.2 Å². The third-order valence-electron chi connectivity index (χ3n) is 3.47. The van der Waals surface area contributed by atoms with E-state index >= 15 is 0 Å². The summed E-state index contributed by atoms with van der Waals surface area (Å²) in [6.07, 6.45) is 3.14. The summed E-state index contributed by atoms with van der Waals surface area (Å²) in [5.41, 5.74) is 8.59. The van der Waals surface area contributed by atoms with Gasteiger partial charge < -0.3 is 10.5 Å². The van der Waals surface area contributed by atoms with Gasteiger partial charge in [-0.1, -0.05) is 23.7 Å². The third kappa shape index (κ3) is 3.44. The van der Waals surface area contributed by atoms with Crippen molar-refractivity contribution in [2.24, 2.45) is 11.7 Å². The van der Waals surface area contributed by atoms with Crippen LogP contribution in [0.4, 0.5) is 0 Å². The van der Waals surface area contributed by atoms with Gasteiger partial charge in [0.1, 0.15) is 0 Å². The van der Waals surface area contributed by atoms with Crippen LogP contribution in [0.3, 0.4) is 0 Å². The summed E-state index contributed by atoms with van der Waals surface area (Å²) in [6.45, 7) is 3.73. The summed E-state index contributed by atoms with van der Waals surface area (Å²) in [6, 6.07) is 6.32. The largest absolute Gasteiger partial charge is 0.381 e. The van der Waals surface area contributed by atoms with Crippen LogP contribution in [0.2, 0.25) is 5.02 Å². The fourth-order valence-electron chi connectivity index (χ4n) is 2.34. The lowest BCUT2D eigenvalue weighted by atomic mass is 9.90. The summed E-state index contributed by atoms with van der Waals surface area (Å²) in [4.78, 5) is 0. The summed E-state index contributed by atoms with van der Waals surface area (Å²) < 4.78 is 5.48. The molecular weight excluding hydrogens is 234 g/mol. The van der Waals surface area contributed by atoms with Crippen molar-refractivity contribution in [2.75, 3.05) is 13.2 Å². The van der Waals surface area contributed by atoms with Crippen LogP contribution in [0.5, 0.6) is 0 Å². The van der Waals surface area contributed by atoms with E-state index in [9.17, 15) is 0 Å². The molecule has 2 rings (SSSR count). The number of aryl methyl sites for hydroxylation is 1. The van der Waals surface area contributed by atoms with Crippen molar-refractivity contribution in [3.05, 3.63) is 34.3 Å². The van der Waals surface area contributed by atoms with Crippen LogP contribution in [-0.4, -0.2) is 19.3 Å². The SMILES string of the molecule is Cc1ccc(CC(N)C2CCCOC2)c(Cl)c1. The second-order valence-corrected chi connectivity index (χ2v) is 5.35. The second-order valence-electron chi connectivity index (χ2n) is 4.94. The Morgan fingerprint density at radius 3 is 3.00 bits per heavy atom. The Bertz CT molecular complexity index is 374.